The quantitative estimate of drug-likeness (QED) is 0.107. The molecule has 3 aromatic heterocycles. The second kappa shape index (κ2) is 18.5. The van der Waals surface area contributed by atoms with Gasteiger partial charge in [-0.15, -0.1) is 54.1 Å². The first-order valence-electron chi connectivity index (χ1n) is 21.8. The van der Waals surface area contributed by atoms with E-state index in [1.54, 1.807) is 0 Å². The summed E-state index contributed by atoms with van der Waals surface area (Å²) in [5, 5.41) is 3.69. The number of nitrogens with zero attached hydrogens (tertiary/aromatic N) is 3. The van der Waals surface area contributed by atoms with Crippen LogP contribution in [-0.2, 0) is 26.5 Å². The van der Waals surface area contributed by atoms with Gasteiger partial charge in [0.1, 0.15) is 5.58 Å². The largest absolute Gasteiger partial charge is 0.501 e. The maximum Gasteiger partial charge on any atom is 0.121 e. The number of para-hydroxylation sites is 2. The minimum atomic E-state index is -1.34. The average molecular weight is 1010 g/mol. The van der Waals surface area contributed by atoms with Gasteiger partial charge in [0.2, 0.25) is 0 Å². The van der Waals surface area contributed by atoms with Gasteiger partial charge in [0.25, 0.3) is 0 Å². The van der Waals surface area contributed by atoms with Crippen LogP contribution in [0.15, 0.2) is 138 Å². The topological polar surface area (TPSA) is 43.9 Å². The van der Waals surface area contributed by atoms with Crippen LogP contribution in [0, 0.1) is 25.0 Å². The number of hydrogen-bond acceptors (Lipinski definition) is 3. The van der Waals surface area contributed by atoms with E-state index in [2.05, 4.69) is 199 Å². The Morgan fingerprint density at radius 2 is 1.39 bits per heavy atom. The summed E-state index contributed by atoms with van der Waals surface area (Å²) in [7, 11) is -1.34. The van der Waals surface area contributed by atoms with E-state index < -0.39 is 8.07 Å². The Bertz CT molecular complexity index is 2940. The zero-order valence-electron chi connectivity index (χ0n) is 37.7. The Balaban J connectivity index is 0.000000233. The van der Waals surface area contributed by atoms with Crippen LogP contribution in [0.2, 0.25) is 19.6 Å². The maximum atomic E-state index is 6.55. The molecule has 9 aromatic rings. The molecule has 0 saturated carbocycles. The molecule has 0 saturated heterocycles. The van der Waals surface area contributed by atoms with Crippen molar-refractivity contribution in [2.75, 3.05) is 0 Å². The molecule has 1 radical (unpaired) electrons. The smallest absolute Gasteiger partial charge is 0.121 e. The molecule has 3 heterocycles. The molecule has 0 N–H and O–H groups in total. The molecular formula is C56H57IrN3OSi-2. The van der Waals surface area contributed by atoms with Gasteiger partial charge in [-0.2, -0.15) is 0 Å². The molecule has 0 aliphatic rings. The molecule has 0 fully saturated rings. The number of aryl methyl sites for hydroxylation is 1. The Morgan fingerprint density at radius 1 is 0.694 bits per heavy atom. The first-order chi connectivity index (χ1) is 29.3. The van der Waals surface area contributed by atoms with E-state index in [9.17, 15) is 0 Å². The molecule has 4 nitrogen and oxygen atoms in total. The van der Waals surface area contributed by atoms with Crippen molar-refractivity contribution in [3.05, 3.63) is 168 Å². The Kier molecular flexibility index (Phi) is 13.3. The number of aromatic nitrogens is 3. The molecule has 6 aromatic carbocycles. The summed E-state index contributed by atoms with van der Waals surface area (Å²) < 4.78 is 8.91. The van der Waals surface area contributed by atoms with Crippen LogP contribution in [0.5, 0.6) is 0 Å². The van der Waals surface area contributed by atoms with Crippen molar-refractivity contribution in [1.29, 1.82) is 0 Å². The fraction of sp³-hybridized carbons (Fsp3) is 0.250. The fourth-order valence-electron chi connectivity index (χ4n) is 8.53. The van der Waals surface area contributed by atoms with Crippen molar-refractivity contribution in [3.63, 3.8) is 0 Å². The van der Waals surface area contributed by atoms with Gasteiger partial charge >= 0.3 is 0 Å². The molecule has 317 valence electrons. The normalized spacial score (nSPS) is 11.8. The van der Waals surface area contributed by atoms with E-state index >= 15 is 0 Å². The summed E-state index contributed by atoms with van der Waals surface area (Å²) in [6.45, 7) is 23.0. The molecule has 0 unspecified atom stereocenters. The maximum absolute atomic E-state index is 6.55. The average Bonchev–Trinajstić information content (AvgIpc) is 3.81. The van der Waals surface area contributed by atoms with Crippen LogP contribution in [0.25, 0.3) is 72.4 Å². The van der Waals surface area contributed by atoms with E-state index in [1.165, 1.54) is 44.3 Å². The van der Waals surface area contributed by atoms with E-state index in [0.29, 0.717) is 17.8 Å². The van der Waals surface area contributed by atoms with Crippen LogP contribution in [0.1, 0.15) is 75.6 Å². The number of pyridine rings is 1. The zero-order valence-corrected chi connectivity index (χ0v) is 41.1. The van der Waals surface area contributed by atoms with Crippen molar-refractivity contribution in [2.24, 2.45) is 5.92 Å². The van der Waals surface area contributed by atoms with Crippen LogP contribution in [0.3, 0.4) is 0 Å². The van der Waals surface area contributed by atoms with Crippen molar-refractivity contribution in [2.45, 2.75) is 86.4 Å². The molecule has 0 amide bonds. The van der Waals surface area contributed by atoms with Crippen molar-refractivity contribution in [1.82, 2.24) is 14.5 Å². The zero-order chi connectivity index (χ0) is 43.0. The Labute approximate surface area is 382 Å². The van der Waals surface area contributed by atoms with Crippen LogP contribution >= 0.6 is 0 Å². The van der Waals surface area contributed by atoms with Gasteiger partial charge in [-0.3, -0.25) is 4.98 Å². The van der Waals surface area contributed by atoms with E-state index in [1.807, 2.05) is 24.3 Å². The Morgan fingerprint density at radius 3 is 2.05 bits per heavy atom. The summed E-state index contributed by atoms with van der Waals surface area (Å²) in [5.74, 6) is 2.12. The van der Waals surface area contributed by atoms with E-state index in [0.717, 1.165) is 62.0 Å². The first-order valence-corrected chi connectivity index (χ1v) is 25.3. The molecule has 0 spiro atoms. The van der Waals surface area contributed by atoms with Crippen LogP contribution in [-0.4, -0.2) is 22.6 Å². The second-order valence-corrected chi connectivity index (χ2v) is 23.5. The number of hydrogen-bond donors (Lipinski definition) is 0. The van der Waals surface area contributed by atoms with Crippen molar-refractivity contribution in [3.8, 4) is 39.5 Å². The third-order valence-electron chi connectivity index (χ3n) is 11.5. The predicted octanol–water partition coefficient (Wildman–Crippen LogP) is 14.9. The fourth-order valence-corrected chi connectivity index (χ4v) is 10.1. The molecule has 62 heavy (non-hydrogen) atoms. The van der Waals surface area contributed by atoms with Gasteiger partial charge in [-0.25, -0.2) is 0 Å². The second-order valence-electron chi connectivity index (χ2n) is 18.5. The first kappa shape index (κ1) is 44.7. The number of imidazole rings is 1. The minimum Gasteiger partial charge on any atom is -0.501 e. The van der Waals surface area contributed by atoms with Gasteiger partial charge in [0.05, 0.1) is 30.5 Å². The van der Waals surface area contributed by atoms with Gasteiger partial charge in [-0.05, 0) is 100 Å². The molecule has 6 heteroatoms. The van der Waals surface area contributed by atoms with Crippen molar-refractivity contribution < 1.29 is 24.5 Å². The molecule has 9 rings (SSSR count). The summed E-state index contributed by atoms with van der Waals surface area (Å²) in [5.41, 5.74) is 15.7. The SMILES string of the molecule is CC(C)Cc1cc(-c2[c-]cccc2)ncc1[Si](C)(C)C.Cc1ccc2c(c1)oc1c(-c3nc4ccccc4n3-c3c(C(C)C)cc(-c4ccccc4)cc3C(C)C)[c-]ccc12.[Ir]. The summed E-state index contributed by atoms with van der Waals surface area (Å²) in [6.07, 6.45) is 3.24. The Hall–Kier alpha value is -5.39. The molecular weight excluding hydrogens is 951 g/mol. The molecule has 0 aliphatic heterocycles. The standard InChI is InChI=1S/C38H33N2O.C18H24NSi.Ir/c1-23(2)31-21-27(26-12-7-6-8-13-26)22-32(24(3)4)36(31)40-34-17-10-9-16-33(34)39-38(40)30-15-11-14-29-28-19-18-25(5)20-35(28)41-37(29)30;1-14(2)11-16-12-17(15-9-7-6-8-10-15)19-13-18(16)20(3,4)5;/h6-14,16-24H,1-5H3;6-9,12-14H,11H2,1-5H3;/q2*-1;. The summed E-state index contributed by atoms with van der Waals surface area (Å²) in [6, 6.07) is 51.5. The minimum absolute atomic E-state index is 0. The third kappa shape index (κ3) is 9.06. The van der Waals surface area contributed by atoms with Crippen LogP contribution in [0.4, 0.5) is 0 Å². The van der Waals surface area contributed by atoms with Crippen molar-refractivity contribution >= 4 is 46.2 Å². The van der Waals surface area contributed by atoms with Gasteiger partial charge in [-0.1, -0.05) is 138 Å². The van der Waals surface area contributed by atoms with Gasteiger partial charge in [0, 0.05) is 37.4 Å². The summed E-state index contributed by atoms with van der Waals surface area (Å²) >= 11 is 0. The molecule has 0 aliphatic carbocycles. The van der Waals surface area contributed by atoms with Gasteiger partial charge in [0.15, 0.2) is 0 Å². The van der Waals surface area contributed by atoms with Crippen LogP contribution < -0.4 is 5.19 Å². The van der Waals surface area contributed by atoms with Gasteiger partial charge < -0.3 is 14.0 Å². The molecule has 0 bridgehead atoms. The van der Waals surface area contributed by atoms with E-state index in [-0.39, 0.29) is 20.1 Å². The number of fused-ring (bicyclic) bond motifs is 4. The van der Waals surface area contributed by atoms with E-state index in [4.69, 9.17) is 9.40 Å². The summed E-state index contributed by atoms with van der Waals surface area (Å²) in [4.78, 5) is 9.94. The monoisotopic (exact) mass is 1010 g/mol. The predicted molar refractivity (Wildman–Crippen MR) is 261 cm³/mol. The molecule has 0 atom stereocenters. The number of rotatable bonds is 9. The number of furan rings is 1. The number of benzene rings is 6. The third-order valence-corrected chi connectivity index (χ3v) is 13.6.